The first-order valence-corrected chi connectivity index (χ1v) is 7.34. The monoisotopic (exact) mass is 283 g/mol. The van der Waals surface area contributed by atoms with E-state index in [0.29, 0.717) is 12.5 Å². The molecule has 2 bridgehead atoms. The lowest BCUT2D eigenvalue weighted by Gasteiger charge is -2.41. The summed E-state index contributed by atoms with van der Waals surface area (Å²) in [4.78, 5) is 25.4. The van der Waals surface area contributed by atoms with E-state index >= 15 is 0 Å². The molecule has 1 saturated carbocycles. The van der Waals surface area contributed by atoms with E-state index in [2.05, 4.69) is 0 Å². The minimum atomic E-state index is -0.745. The van der Waals surface area contributed by atoms with Gasteiger partial charge in [0, 0.05) is 12.6 Å². The Bertz CT molecular complexity index is 413. The third-order valence-corrected chi connectivity index (χ3v) is 4.41. The van der Waals surface area contributed by atoms with Gasteiger partial charge >= 0.3 is 12.1 Å². The van der Waals surface area contributed by atoms with Gasteiger partial charge in [0.05, 0.1) is 5.92 Å². The second-order valence-corrected chi connectivity index (χ2v) is 7.38. The number of carboxylic acids is 1. The van der Waals surface area contributed by atoms with Crippen LogP contribution in [0.25, 0.3) is 0 Å². The lowest BCUT2D eigenvalue weighted by molar-refractivity contribution is -0.148. The molecule has 1 N–H and O–H groups in total. The van der Waals surface area contributed by atoms with Crippen LogP contribution >= 0.6 is 0 Å². The zero-order valence-electron chi connectivity index (χ0n) is 12.9. The van der Waals surface area contributed by atoms with Crippen LogP contribution in [0.5, 0.6) is 0 Å². The Balaban J connectivity index is 2.06. The third-order valence-electron chi connectivity index (χ3n) is 4.41. The molecule has 0 spiro atoms. The number of fused-ring (bicyclic) bond motifs is 1. The summed E-state index contributed by atoms with van der Waals surface area (Å²) in [6, 6.07) is 0.0401. The minimum Gasteiger partial charge on any atom is -0.481 e. The van der Waals surface area contributed by atoms with Gasteiger partial charge in [-0.3, -0.25) is 4.79 Å². The second-order valence-electron chi connectivity index (χ2n) is 7.38. The Kier molecular flexibility index (Phi) is 3.73. The van der Waals surface area contributed by atoms with E-state index in [9.17, 15) is 14.7 Å². The largest absolute Gasteiger partial charge is 0.481 e. The Morgan fingerprint density at radius 1 is 1.30 bits per heavy atom. The molecule has 2 unspecified atom stereocenters. The van der Waals surface area contributed by atoms with E-state index in [0.717, 1.165) is 6.42 Å². The van der Waals surface area contributed by atoms with Crippen LogP contribution in [0.3, 0.4) is 0 Å². The summed E-state index contributed by atoms with van der Waals surface area (Å²) in [5.74, 6) is -0.630. The average Bonchev–Trinajstić information content (AvgIpc) is 2.79. The first-order valence-electron chi connectivity index (χ1n) is 7.34. The van der Waals surface area contributed by atoms with E-state index in [-0.39, 0.29) is 29.9 Å². The highest BCUT2D eigenvalue weighted by molar-refractivity contribution is 5.73. The molecule has 2 aliphatic heterocycles. The number of aliphatic carboxylic acids is 1. The first-order chi connectivity index (χ1) is 9.11. The van der Waals surface area contributed by atoms with Crippen molar-refractivity contribution >= 4 is 12.1 Å². The lowest BCUT2D eigenvalue weighted by atomic mass is 9.64. The molecule has 20 heavy (non-hydrogen) atoms. The smallest absolute Gasteiger partial charge is 0.410 e. The van der Waals surface area contributed by atoms with E-state index in [1.54, 1.807) is 4.90 Å². The van der Waals surface area contributed by atoms with Gasteiger partial charge < -0.3 is 14.7 Å². The zero-order chi connectivity index (χ0) is 15.2. The van der Waals surface area contributed by atoms with Gasteiger partial charge in [0.1, 0.15) is 5.60 Å². The third kappa shape index (κ3) is 2.63. The molecule has 5 heteroatoms. The highest BCUT2D eigenvalue weighted by atomic mass is 16.6. The van der Waals surface area contributed by atoms with Gasteiger partial charge in [-0.25, -0.2) is 4.79 Å². The molecule has 1 aliphatic carbocycles. The maximum Gasteiger partial charge on any atom is 0.410 e. The van der Waals surface area contributed by atoms with Crippen molar-refractivity contribution in [3.05, 3.63) is 0 Å². The predicted molar refractivity (Wildman–Crippen MR) is 74.3 cm³/mol. The van der Waals surface area contributed by atoms with Gasteiger partial charge in [-0.1, -0.05) is 13.8 Å². The van der Waals surface area contributed by atoms with Gasteiger partial charge in [-0.15, -0.1) is 0 Å². The summed E-state index contributed by atoms with van der Waals surface area (Å²) in [7, 11) is 0. The number of carboxylic acid groups (broad SMARTS) is 1. The minimum absolute atomic E-state index is 0.0401. The zero-order valence-corrected chi connectivity index (χ0v) is 12.9. The standard InChI is InChI=1S/C15H25NO4/c1-8(2)11(13(17)18)12-9-6-10(12)16(7-9)14(19)20-15(3,4)5/h8-12H,6-7H2,1-5H3,(H,17,18)/t9-,10-,11?,12?/m0/s1. The maximum absolute atomic E-state index is 12.2. The molecule has 0 aromatic heterocycles. The van der Waals surface area contributed by atoms with Crippen LogP contribution in [0.15, 0.2) is 0 Å². The van der Waals surface area contributed by atoms with Crippen LogP contribution in [0, 0.1) is 23.7 Å². The van der Waals surface area contributed by atoms with E-state index in [4.69, 9.17) is 4.74 Å². The van der Waals surface area contributed by atoms with Crippen LogP contribution in [-0.4, -0.2) is 40.3 Å². The van der Waals surface area contributed by atoms with E-state index in [1.807, 2.05) is 34.6 Å². The van der Waals surface area contributed by atoms with Gasteiger partial charge in [-0.2, -0.15) is 0 Å². The van der Waals surface area contributed by atoms with Crippen molar-refractivity contribution in [2.45, 2.75) is 52.7 Å². The van der Waals surface area contributed by atoms with Crippen molar-refractivity contribution in [3.8, 4) is 0 Å². The van der Waals surface area contributed by atoms with Crippen LogP contribution in [-0.2, 0) is 9.53 Å². The summed E-state index contributed by atoms with van der Waals surface area (Å²) in [5, 5.41) is 9.42. The molecule has 3 aliphatic rings. The summed E-state index contributed by atoms with van der Waals surface area (Å²) in [6.07, 6.45) is 0.612. The number of nitrogens with zero attached hydrogens (tertiary/aromatic N) is 1. The van der Waals surface area contributed by atoms with Crippen molar-refractivity contribution in [2.24, 2.45) is 23.7 Å². The van der Waals surface area contributed by atoms with E-state index in [1.165, 1.54) is 0 Å². The molecule has 0 aromatic carbocycles. The molecule has 5 nitrogen and oxygen atoms in total. The number of carbonyl (C=O) groups is 2. The topological polar surface area (TPSA) is 66.8 Å². The van der Waals surface area contributed by atoms with Crippen molar-refractivity contribution < 1.29 is 19.4 Å². The summed E-state index contributed by atoms with van der Waals surface area (Å²) in [6.45, 7) is 10.1. The summed E-state index contributed by atoms with van der Waals surface area (Å²) in [5.41, 5.74) is -0.510. The summed E-state index contributed by atoms with van der Waals surface area (Å²) >= 11 is 0. The Labute approximate surface area is 120 Å². The van der Waals surface area contributed by atoms with Crippen molar-refractivity contribution in [1.82, 2.24) is 4.90 Å². The Hall–Kier alpha value is -1.26. The molecule has 4 atom stereocenters. The van der Waals surface area contributed by atoms with Gasteiger partial charge in [-0.05, 0) is 44.9 Å². The molecular weight excluding hydrogens is 258 g/mol. The van der Waals surface area contributed by atoms with Gasteiger partial charge in [0.15, 0.2) is 0 Å². The van der Waals surface area contributed by atoms with Gasteiger partial charge in [0.2, 0.25) is 0 Å². The Morgan fingerprint density at radius 3 is 2.35 bits per heavy atom. The number of ether oxygens (including phenoxy) is 1. The number of carbonyl (C=O) groups excluding carboxylic acids is 1. The molecule has 0 aromatic rings. The van der Waals surface area contributed by atoms with Gasteiger partial charge in [0.25, 0.3) is 0 Å². The lowest BCUT2D eigenvalue weighted by Crippen LogP contribution is -2.49. The van der Waals surface area contributed by atoms with Crippen molar-refractivity contribution in [3.63, 3.8) is 0 Å². The highest BCUT2D eigenvalue weighted by Crippen LogP contribution is 2.52. The number of hydrogen-bond donors (Lipinski definition) is 1. The van der Waals surface area contributed by atoms with Crippen LogP contribution in [0.2, 0.25) is 0 Å². The van der Waals surface area contributed by atoms with Crippen LogP contribution in [0.1, 0.15) is 41.0 Å². The molecule has 2 heterocycles. The SMILES string of the molecule is CC(C)C(C(=O)O)C1[C@H]2C[C@@H]1N(C(=O)OC(C)(C)C)C2. The number of rotatable bonds is 3. The number of hydrogen-bond acceptors (Lipinski definition) is 3. The van der Waals surface area contributed by atoms with Crippen molar-refractivity contribution in [1.29, 1.82) is 0 Å². The molecule has 3 rings (SSSR count). The molecule has 2 saturated heterocycles. The Morgan fingerprint density at radius 2 is 1.90 bits per heavy atom. The average molecular weight is 283 g/mol. The van der Waals surface area contributed by atoms with Crippen LogP contribution in [0.4, 0.5) is 4.79 Å². The molecule has 3 fully saturated rings. The highest BCUT2D eigenvalue weighted by Gasteiger charge is 2.58. The fourth-order valence-electron chi connectivity index (χ4n) is 3.62. The van der Waals surface area contributed by atoms with E-state index < -0.39 is 11.6 Å². The van der Waals surface area contributed by atoms with Crippen LogP contribution < -0.4 is 0 Å². The number of amides is 1. The predicted octanol–water partition coefficient (Wildman–Crippen LogP) is 2.60. The summed E-state index contributed by atoms with van der Waals surface area (Å²) < 4.78 is 5.41. The van der Waals surface area contributed by atoms with Crippen molar-refractivity contribution in [2.75, 3.05) is 6.54 Å². The molecular formula is C15H25NO4. The second kappa shape index (κ2) is 4.93. The first kappa shape index (κ1) is 15.1. The molecule has 1 amide bonds. The fourth-order valence-corrected chi connectivity index (χ4v) is 3.62. The normalized spacial score (nSPS) is 30.1. The fraction of sp³-hybridized carbons (Fsp3) is 0.867. The maximum atomic E-state index is 12.2. The quantitative estimate of drug-likeness (QED) is 0.864. The molecule has 114 valence electrons. The molecule has 0 radical (unpaired) electrons.